The van der Waals surface area contributed by atoms with Gasteiger partial charge in [0.25, 0.3) is 0 Å². The number of carboxylic acid groups (broad SMARTS) is 1. The van der Waals surface area contributed by atoms with Crippen molar-refractivity contribution in [1.82, 2.24) is 10.6 Å². The van der Waals surface area contributed by atoms with E-state index in [-0.39, 0.29) is 12.1 Å². The Labute approximate surface area is 71.1 Å². The van der Waals surface area contributed by atoms with Gasteiger partial charge in [-0.1, -0.05) is 0 Å². The van der Waals surface area contributed by atoms with Gasteiger partial charge in [-0.05, 0) is 13.0 Å². The molecule has 5 heteroatoms. The predicted octanol–water partition coefficient (Wildman–Crippen LogP) is -0.369. The topological polar surface area (TPSA) is 70.6 Å². The van der Waals surface area contributed by atoms with Crippen LogP contribution < -0.4 is 10.6 Å². The SMILES string of the molecule is CO[C@H]1CCNC[C@@H]1NC(=O)O. The van der Waals surface area contributed by atoms with E-state index in [0.717, 1.165) is 13.0 Å². The molecule has 0 aromatic carbocycles. The number of methoxy groups -OCH3 is 1. The zero-order valence-corrected chi connectivity index (χ0v) is 7.04. The molecule has 0 radical (unpaired) electrons. The molecule has 1 aliphatic heterocycles. The van der Waals surface area contributed by atoms with E-state index in [2.05, 4.69) is 10.6 Å². The van der Waals surface area contributed by atoms with Crippen LogP contribution in [0.5, 0.6) is 0 Å². The van der Waals surface area contributed by atoms with Gasteiger partial charge in [-0.25, -0.2) is 4.79 Å². The fraction of sp³-hybridized carbons (Fsp3) is 0.857. The van der Waals surface area contributed by atoms with Gasteiger partial charge >= 0.3 is 6.09 Å². The molecule has 0 spiro atoms. The van der Waals surface area contributed by atoms with Gasteiger partial charge in [0.1, 0.15) is 0 Å². The minimum Gasteiger partial charge on any atom is -0.465 e. The minimum absolute atomic E-state index is 0.00218. The van der Waals surface area contributed by atoms with Crippen molar-refractivity contribution < 1.29 is 14.6 Å². The summed E-state index contributed by atoms with van der Waals surface area (Å²) >= 11 is 0. The Bertz CT molecular complexity index is 163. The van der Waals surface area contributed by atoms with E-state index < -0.39 is 6.09 Å². The standard InChI is InChI=1S/C7H14N2O3/c1-12-6-2-3-8-4-5(6)9-7(10)11/h5-6,8-9H,2-4H2,1H3,(H,10,11)/t5-,6-/m0/s1. The molecule has 2 atom stereocenters. The van der Waals surface area contributed by atoms with E-state index >= 15 is 0 Å². The molecule has 5 nitrogen and oxygen atoms in total. The Morgan fingerprint density at radius 3 is 3.08 bits per heavy atom. The molecule has 0 unspecified atom stereocenters. The first-order chi connectivity index (χ1) is 5.74. The molecule has 0 saturated carbocycles. The molecule has 1 rings (SSSR count). The average Bonchev–Trinajstić information content (AvgIpc) is 2.04. The summed E-state index contributed by atoms with van der Waals surface area (Å²) < 4.78 is 5.14. The highest BCUT2D eigenvalue weighted by atomic mass is 16.5. The lowest BCUT2D eigenvalue weighted by atomic mass is 10.0. The first-order valence-electron chi connectivity index (χ1n) is 3.97. The molecule has 1 saturated heterocycles. The van der Waals surface area contributed by atoms with Gasteiger partial charge in [0.2, 0.25) is 0 Å². The fourth-order valence-electron chi connectivity index (χ4n) is 1.42. The maximum Gasteiger partial charge on any atom is 0.405 e. The third-order valence-corrected chi connectivity index (χ3v) is 2.03. The first kappa shape index (κ1) is 9.28. The Kier molecular flexibility index (Phi) is 3.31. The third-order valence-electron chi connectivity index (χ3n) is 2.03. The molecule has 1 aliphatic rings. The lowest BCUT2D eigenvalue weighted by molar-refractivity contribution is 0.0483. The van der Waals surface area contributed by atoms with Crippen molar-refractivity contribution in [2.24, 2.45) is 0 Å². The Morgan fingerprint density at radius 1 is 1.75 bits per heavy atom. The van der Waals surface area contributed by atoms with Crippen molar-refractivity contribution in [3.8, 4) is 0 Å². The minimum atomic E-state index is -0.995. The summed E-state index contributed by atoms with van der Waals surface area (Å²) in [6.45, 7) is 1.53. The van der Waals surface area contributed by atoms with E-state index in [1.807, 2.05) is 0 Å². The summed E-state index contributed by atoms with van der Waals surface area (Å²) in [7, 11) is 1.60. The van der Waals surface area contributed by atoms with Crippen molar-refractivity contribution in [1.29, 1.82) is 0 Å². The van der Waals surface area contributed by atoms with E-state index in [1.54, 1.807) is 7.11 Å². The molecule has 0 aromatic heterocycles. The molecular weight excluding hydrogens is 160 g/mol. The molecule has 0 aromatic rings. The maximum absolute atomic E-state index is 10.3. The zero-order valence-electron chi connectivity index (χ0n) is 7.04. The van der Waals surface area contributed by atoms with E-state index in [1.165, 1.54) is 0 Å². The van der Waals surface area contributed by atoms with E-state index in [0.29, 0.717) is 6.54 Å². The monoisotopic (exact) mass is 174 g/mol. The summed E-state index contributed by atoms with van der Waals surface area (Å²) in [6, 6.07) is -0.124. The van der Waals surface area contributed by atoms with Gasteiger partial charge < -0.3 is 20.5 Å². The molecule has 70 valence electrons. The molecule has 0 bridgehead atoms. The van der Waals surface area contributed by atoms with Crippen LogP contribution >= 0.6 is 0 Å². The highest BCUT2D eigenvalue weighted by molar-refractivity contribution is 5.65. The number of rotatable bonds is 2. The molecule has 1 fully saturated rings. The second-order valence-electron chi connectivity index (χ2n) is 2.82. The Balaban J connectivity index is 2.41. The number of carbonyl (C=O) groups is 1. The quantitative estimate of drug-likeness (QED) is 0.534. The van der Waals surface area contributed by atoms with Crippen LogP contribution in [0.1, 0.15) is 6.42 Å². The number of piperidine rings is 1. The number of hydrogen-bond acceptors (Lipinski definition) is 3. The first-order valence-corrected chi connectivity index (χ1v) is 3.97. The number of nitrogens with one attached hydrogen (secondary N) is 2. The smallest absolute Gasteiger partial charge is 0.405 e. The zero-order chi connectivity index (χ0) is 8.97. The summed E-state index contributed by atoms with van der Waals surface area (Å²) in [4.78, 5) is 10.3. The van der Waals surface area contributed by atoms with Crippen molar-refractivity contribution in [3.63, 3.8) is 0 Å². The average molecular weight is 174 g/mol. The van der Waals surface area contributed by atoms with Crippen LogP contribution in [0.4, 0.5) is 4.79 Å². The van der Waals surface area contributed by atoms with Gasteiger partial charge in [-0.3, -0.25) is 0 Å². The van der Waals surface area contributed by atoms with Crippen molar-refractivity contribution in [3.05, 3.63) is 0 Å². The van der Waals surface area contributed by atoms with Crippen molar-refractivity contribution >= 4 is 6.09 Å². The molecule has 1 heterocycles. The van der Waals surface area contributed by atoms with Crippen LogP contribution in [0.2, 0.25) is 0 Å². The van der Waals surface area contributed by atoms with E-state index in [9.17, 15) is 4.79 Å². The second-order valence-corrected chi connectivity index (χ2v) is 2.82. The van der Waals surface area contributed by atoms with Gasteiger partial charge in [-0.15, -0.1) is 0 Å². The predicted molar refractivity (Wildman–Crippen MR) is 43.2 cm³/mol. The maximum atomic E-state index is 10.3. The van der Waals surface area contributed by atoms with Gasteiger partial charge in [0.15, 0.2) is 0 Å². The summed E-state index contributed by atoms with van der Waals surface area (Å²) in [5, 5.41) is 14.0. The second kappa shape index (κ2) is 4.27. The Hall–Kier alpha value is -0.810. The van der Waals surface area contributed by atoms with Crippen LogP contribution in [0.3, 0.4) is 0 Å². The number of amides is 1. The van der Waals surface area contributed by atoms with Crippen LogP contribution in [-0.2, 0) is 4.74 Å². The summed E-state index contributed by atoms with van der Waals surface area (Å²) in [5.41, 5.74) is 0. The third kappa shape index (κ3) is 2.35. The molecule has 1 amide bonds. The molecule has 3 N–H and O–H groups in total. The van der Waals surface area contributed by atoms with Crippen LogP contribution in [0.25, 0.3) is 0 Å². The molecule has 12 heavy (non-hydrogen) atoms. The highest BCUT2D eigenvalue weighted by Crippen LogP contribution is 2.06. The molecule has 0 aliphatic carbocycles. The number of ether oxygens (including phenoxy) is 1. The fourth-order valence-corrected chi connectivity index (χ4v) is 1.42. The highest BCUT2D eigenvalue weighted by Gasteiger charge is 2.25. The normalized spacial score (nSPS) is 29.8. The molecular formula is C7H14N2O3. The van der Waals surface area contributed by atoms with Crippen molar-refractivity contribution in [2.75, 3.05) is 20.2 Å². The largest absolute Gasteiger partial charge is 0.465 e. The van der Waals surface area contributed by atoms with Crippen LogP contribution in [0.15, 0.2) is 0 Å². The van der Waals surface area contributed by atoms with Gasteiger partial charge in [0.05, 0.1) is 12.1 Å². The lowest BCUT2D eigenvalue weighted by Gasteiger charge is -2.30. The van der Waals surface area contributed by atoms with Gasteiger partial charge in [0, 0.05) is 13.7 Å². The number of hydrogen-bond donors (Lipinski definition) is 3. The van der Waals surface area contributed by atoms with Crippen molar-refractivity contribution in [2.45, 2.75) is 18.6 Å². The summed E-state index contributed by atoms with van der Waals surface area (Å²) in [5.74, 6) is 0. The van der Waals surface area contributed by atoms with Gasteiger partial charge in [-0.2, -0.15) is 0 Å². The van der Waals surface area contributed by atoms with E-state index in [4.69, 9.17) is 9.84 Å². The summed E-state index contributed by atoms with van der Waals surface area (Å²) in [6.07, 6.45) is -0.144. The van der Waals surface area contributed by atoms with Crippen LogP contribution in [-0.4, -0.2) is 43.5 Å². The lowest BCUT2D eigenvalue weighted by Crippen LogP contribution is -2.54. The Morgan fingerprint density at radius 2 is 2.50 bits per heavy atom. The van der Waals surface area contributed by atoms with Crippen LogP contribution in [0, 0.1) is 0 Å².